The number of benzene rings is 2. The molecule has 1 aliphatic carbocycles. The third kappa shape index (κ3) is 4.78. The quantitative estimate of drug-likeness (QED) is 0.499. The highest BCUT2D eigenvalue weighted by molar-refractivity contribution is 6.28. The third-order valence-electron chi connectivity index (χ3n) is 6.31. The second-order valence-corrected chi connectivity index (χ2v) is 8.69. The van der Waals surface area contributed by atoms with Crippen molar-refractivity contribution in [2.24, 2.45) is 0 Å². The van der Waals surface area contributed by atoms with Gasteiger partial charge in [-0.2, -0.15) is 0 Å². The topological polar surface area (TPSA) is 74.3 Å². The van der Waals surface area contributed by atoms with E-state index in [0.717, 1.165) is 69.2 Å². The van der Waals surface area contributed by atoms with Crippen molar-refractivity contribution in [3.8, 4) is 0 Å². The van der Waals surface area contributed by atoms with Crippen LogP contribution in [0.25, 0.3) is 0 Å². The molecule has 2 N–H and O–H groups in total. The van der Waals surface area contributed by atoms with Crippen molar-refractivity contribution >= 4 is 11.6 Å². The minimum atomic E-state index is -0.0679. The summed E-state index contributed by atoms with van der Waals surface area (Å²) < 4.78 is 0. The molecule has 0 fully saturated rings. The molecule has 3 aromatic rings. The van der Waals surface area contributed by atoms with Gasteiger partial charge in [-0.25, -0.2) is 0 Å². The second-order valence-electron chi connectivity index (χ2n) is 8.69. The van der Waals surface area contributed by atoms with Crippen molar-refractivity contribution in [1.82, 2.24) is 20.5 Å². The summed E-state index contributed by atoms with van der Waals surface area (Å²) in [5.41, 5.74) is 5.21. The van der Waals surface area contributed by atoms with E-state index >= 15 is 0 Å². The van der Waals surface area contributed by atoms with Crippen molar-refractivity contribution in [2.45, 2.75) is 26.1 Å². The van der Waals surface area contributed by atoms with Crippen LogP contribution in [0.3, 0.4) is 0 Å². The summed E-state index contributed by atoms with van der Waals surface area (Å²) in [6, 6.07) is 19.0. The Labute approximate surface area is 194 Å². The molecule has 33 heavy (non-hydrogen) atoms. The Morgan fingerprint density at radius 2 is 1.39 bits per heavy atom. The molecule has 2 heterocycles. The minimum absolute atomic E-state index is 0.0629. The summed E-state index contributed by atoms with van der Waals surface area (Å²) in [4.78, 5) is 33.1. The molecular weight excluding hydrogens is 412 g/mol. The summed E-state index contributed by atoms with van der Waals surface area (Å²) in [7, 11) is 0. The van der Waals surface area contributed by atoms with E-state index in [-0.39, 0.29) is 11.6 Å². The van der Waals surface area contributed by atoms with Crippen LogP contribution < -0.4 is 10.6 Å². The van der Waals surface area contributed by atoms with E-state index < -0.39 is 0 Å². The lowest BCUT2D eigenvalue weighted by Gasteiger charge is -2.24. The molecule has 6 nitrogen and oxygen atoms in total. The minimum Gasteiger partial charge on any atom is -0.311 e. The van der Waals surface area contributed by atoms with Crippen LogP contribution >= 0.6 is 0 Å². The van der Waals surface area contributed by atoms with Crippen LogP contribution in [0.2, 0.25) is 0 Å². The number of fused-ring (bicyclic) bond motifs is 4. The molecule has 0 atom stereocenters. The highest BCUT2D eigenvalue weighted by Crippen LogP contribution is 2.28. The Morgan fingerprint density at radius 3 is 2.15 bits per heavy atom. The van der Waals surface area contributed by atoms with Crippen LogP contribution in [0.5, 0.6) is 0 Å². The number of carbonyl (C=O) groups excluding carboxylic acids is 2. The van der Waals surface area contributed by atoms with Crippen molar-refractivity contribution in [3.05, 3.63) is 99.9 Å². The Morgan fingerprint density at radius 1 is 0.727 bits per heavy atom. The molecule has 2 aliphatic rings. The number of nitrogens with one attached hydrogen (secondary N) is 2. The fourth-order valence-electron chi connectivity index (χ4n) is 4.60. The van der Waals surface area contributed by atoms with Gasteiger partial charge in [-0.3, -0.25) is 19.5 Å². The predicted octanol–water partition coefficient (Wildman–Crippen LogP) is 2.94. The van der Waals surface area contributed by atoms with E-state index in [4.69, 9.17) is 4.98 Å². The Bertz CT molecular complexity index is 1190. The Hall–Kier alpha value is -3.19. The average Bonchev–Trinajstić information content (AvgIpc) is 2.85. The van der Waals surface area contributed by atoms with Gasteiger partial charge in [0.05, 0.1) is 11.4 Å². The number of carbonyl (C=O) groups is 2. The van der Waals surface area contributed by atoms with E-state index in [9.17, 15) is 9.59 Å². The number of ketones is 2. The zero-order chi connectivity index (χ0) is 22.6. The average molecular weight is 441 g/mol. The van der Waals surface area contributed by atoms with Gasteiger partial charge < -0.3 is 10.6 Å². The smallest absolute Gasteiger partial charge is 0.194 e. The summed E-state index contributed by atoms with van der Waals surface area (Å²) in [6.45, 7) is 5.88. The van der Waals surface area contributed by atoms with E-state index in [0.29, 0.717) is 22.3 Å². The van der Waals surface area contributed by atoms with Gasteiger partial charge in [0.1, 0.15) is 0 Å². The lowest BCUT2D eigenvalue weighted by atomic mass is 9.83. The molecule has 2 bridgehead atoms. The van der Waals surface area contributed by atoms with Crippen LogP contribution in [-0.2, 0) is 19.6 Å². The first-order valence-electron chi connectivity index (χ1n) is 11.6. The lowest BCUT2D eigenvalue weighted by molar-refractivity contribution is 0.0979. The molecule has 0 unspecified atom stereocenters. The molecule has 6 heteroatoms. The van der Waals surface area contributed by atoms with Crippen molar-refractivity contribution in [3.63, 3.8) is 0 Å². The molecule has 1 aliphatic heterocycles. The van der Waals surface area contributed by atoms with Crippen LogP contribution in [0.1, 0.15) is 55.2 Å². The fourth-order valence-corrected chi connectivity index (χ4v) is 4.60. The van der Waals surface area contributed by atoms with E-state index in [1.807, 2.05) is 24.3 Å². The predicted molar refractivity (Wildman–Crippen MR) is 127 cm³/mol. The second kappa shape index (κ2) is 9.75. The first kappa shape index (κ1) is 21.6. The third-order valence-corrected chi connectivity index (χ3v) is 6.31. The number of aromatic nitrogens is 1. The highest BCUT2D eigenvalue weighted by Gasteiger charge is 2.29. The fraction of sp³-hybridized carbons (Fsp3) is 0.296. The first-order chi connectivity index (χ1) is 16.2. The van der Waals surface area contributed by atoms with Crippen LogP contribution in [0.15, 0.2) is 60.7 Å². The van der Waals surface area contributed by atoms with E-state index in [1.54, 1.807) is 18.2 Å². The number of rotatable bonds is 2. The molecule has 1 aromatic heterocycles. The summed E-state index contributed by atoms with van der Waals surface area (Å²) in [6.07, 6.45) is 1.02. The maximum Gasteiger partial charge on any atom is 0.194 e. The SMILES string of the molecule is O=C1c2ccccc2C(=O)c2cc(CN3CCCNCc4cccc(n4)CNCC3)ccc21. The largest absolute Gasteiger partial charge is 0.311 e. The monoisotopic (exact) mass is 440 g/mol. The molecule has 168 valence electrons. The molecule has 5 rings (SSSR count). The van der Waals surface area contributed by atoms with Crippen molar-refractivity contribution in [2.75, 3.05) is 26.2 Å². The van der Waals surface area contributed by atoms with Crippen LogP contribution in [0.4, 0.5) is 0 Å². The number of nitrogens with zero attached hydrogens (tertiary/aromatic N) is 2. The van der Waals surface area contributed by atoms with Crippen LogP contribution in [0, 0.1) is 0 Å². The zero-order valence-electron chi connectivity index (χ0n) is 18.6. The number of hydrogen-bond donors (Lipinski definition) is 2. The highest BCUT2D eigenvalue weighted by atomic mass is 16.1. The Kier molecular flexibility index (Phi) is 6.39. The van der Waals surface area contributed by atoms with Gasteiger partial charge in [0.15, 0.2) is 11.6 Å². The first-order valence-corrected chi connectivity index (χ1v) is 11.6. The molecule has 0 amide bonds. The number of pyridine rings is 1. The molecule has 0 saturated heterocycles. The van der Waals surface area contributed by atoms with Crippen molar-refractivity contribution < 1.29 is 9.59 Å². The van der Waals surface area contributed by atoms with E-state index in [1.165, 1.54) is 0 Å². The van der Waals surface area contributed by atoms with Crippen molar-refractivity contribution in [1.29, 1.82) is 0 Å². The summed E-state index contributed by atoms with van der Waals surface area (Å²) >= 11 is 0. The lowest BCUT2D eigenvalue weighted by Crippen LogP contribution is -2.33. The molecule has 0 spiro atoms. The van der Waals surface area contributed by atoms with Gasteiger partial charge in [-0.05, 0) is 49.3 Å². The number of hydrogen-bond acceptors (Lipinski definition) is 6. The maximum absolute atomic E-state index is 13.1. The standard InChI is InChI=1S/C27H28N4O2/c32-26-22-7-1-2-8-23(22)27(33)25-15-19(9-10-24(25)26)18-31-13-4-11-28-16-20-5-3-6-21(30-20)17-29-12-14-31/h1-3,5-10,15,28-29H,4,11-14,16-18H2. The van der Waals surface area contributed by atoms with E-state index in [2.05, 4.69) is 33.7 Å². The summed E-state index contributed by atoms with van der Waals surface area (Å²) in [5.74, 6) is -0.131. The van der Waals surface area contributed by atoms with Gasteiger partial charge in [0.25, 0.3) is 0 Å². The summed E-state index contributed by atoms with van der Waals surface area (Å²) in [5, 5.41) is 6.98. The maximum atomic E-state index is 13.1. The van der Waals surface area contributed by atoms with Gasteiger partial charge >= 0.3 is 0 Å². The zero-order valence-corrected chi connectivity index (χ0v) is 18.6. The molecule has 0 radical (unpaired) electrons. The van der Waals surface area contributed by atoms with Gasteiger partial charge in [-0.1, -0.05) is 36.4 Å². The molecule has 0 saturated carbocycles. The van der Waals surface area contributed by atoms with Gasteiger partial charge in [0.2, 0.25) is 0 Å². The molecular formula is C27H28N4O2. The van der Waals surface area contributed by atoms with Crippen LogP contribution in [-0.4, -0.2) is 47.6 Å². The van der Waals surface area contributed by atoms with Gasteiger partial charge in [0, 0.05) is 55.0 Å². The normalized spacial score (nSPS) is 17.3. The Balaban J connectivity index is 1.30. The van der Waals surface area contributed by atoms with Gasteiger partial charge in [-0.15, -0.1) is 0 Å². The molecule has 2 aromatic carbocycles.